The summed E-state index contributed by atoms with van der Waals surface area (Å²) in [4.78, 5) is 15.3. The maximum atomic E-state index is 13.3. The second-order valence-electron chi connectivity index (χ2n) is 6.24. The minimum atomic E-state index is -0.0867. The van der Waals surface area contributed by atoms with Crippen LogP contribution in [-0.4, -0.2) is 29.9 Å². The van der Waals surface area contributed by atoms with Gasteiger partial charge in [-0.3, -0.25) is 4.79 Å². The number of amides is 1. The number of rotatable bonds is 4. The third kappa shape index (κ3) is 3.09. The number of fused-ring (bicyclic) bond motifs is 1. The molecule has 0 aliphatic carbocycles. The van der Waals surface area contributed by atoms with E-state index in [9.17, 15) is 4.79 Å². The second kappa shape index (κ2) is 7.00. The lowest BCUT2D eigenvalue weighted by molar-refractivity contribution is -0.133. The van der Waals surface area contributed by atoms with Gasteiger partial charge < -0.3 is 14.4 Å². The molecule has 25 heavy (non-hydrogen) atoms. The number of ether oxygens (including phenoxy) is 2. The first-order chi connectivity index (χ1) is 12.3. The number of nitrogens with zero attached hydrogens (tertiary/aromatic N) is 1. The third-order valence-corrected chi connectivity index (χ3v) is 6.02. The van der Waals surface area contributed by atoms with Crippen molar-refractivity contribution >= 4 is 17.7 Å². The summed E-state index contributed by atoms with van der Waals surface area (Å²) in [5.41, 5.74) is 2.19. The summed E-state index contributed by atoms with van der Waals surface area (Å²) in [5, 5.41) is 0.0414. The fraction of sp³-hybridized carbons (Fsp3) is 0.350. The van der Waals surface area contributed by atoms with Gasteiger partial charge in [-0.25, -0.2) is 0 Å². The van der Waals surface area contributed by atoms with Crippen molar-refractivity contribution < 1.29 is 14.3 Å². The van der Waals surface area contributed by atoms with Crippen LogP contribution in [0.3, 0.4) is 0 Å². The Labute approximate surface area is 152 Å². The average molecular weight is 355 g/mol. The first kappa shape index (κ1) is 16.3. The lowest BCUT2D eigenvalue weighted by Gasteiger charge is -2.28. The maximum Gasteiger partial charge on any atom is 0.231 e. The van der Waals surface area contributed by atoms with Gasteiger partial charge in [0.15, 0.2) is 11.5 Å². The van der Waals surface area contributed by atoms with Gasteiger partial charge >= 0.3 is 0 Å². The molecule has 1 fully saturated rings. The van der Waals surface area contributed by atoms with E-state index in [0.29, 0.717) is 0 Å². The predicted molar refractivity (Wildman–Crippen MR) is 99.0 cm³/mol. The molecule has 2 aromatic carbocycles. The van der Waals surface area contributed by atoms with Crippen LogP contribution in [0.4, 0.5) is 0 Å². The van der Waals surface area contributed by atoms with Crippen molar-refractivity contribution in [3.8, 4) is 11.5 Å². The van der Waals surface area contributed by atoms with Gasteiger partial charge in [0.25, 0.3) is 0 Å². The standard InChI is InChI=1S/C20H21NO3S/c1-2-16(14-6-4-3-5-7-14)19(22)21-10-11-25-20(21)15-8-9-17-18(12-15)24-13-23-17/h3-9,12,16,20H,2,10-11,13H2,1H3. The SMILES string of the molecule is CCC(C(=O)N1CCSC1c1ccc2c(c1)OCO2)c1ccccc1. The summed E-state index contributed by atoms with van der Waals surface area (Å²) in [5.74, 6) is 2.63. The molecule has 1 amide bonds. The summed E-state index contributed by atoms with van der Waals surface area (Å²) < 4.78 is 10.9. The molecule has 4 nitrogen and oxygen atoms in total. The molecule has 2 heterocycles. The van der Waals surface area contributed by atoms with Gasteiger partial charge in [-0.2, -0.15) is 0 Å². The van der Waals surface area contributed by atoms with Gasteiger partial charge in [0.05, 0.1) is 5.92 Å². The zero-order valence-electron chi connectivity index (χ0n) is 14.2. The van der Waals surface area contributed by atoms with Crippen LogP contribution in [-0.2, 0) is 4.79 Å². The summed E-state index contributed by atoms with van der Waals surface area (Å²) >= 11 is 1.81. The van der Waals surface area contributed by atoms with Crippen molar-refractivity contribution in [3.05, 3.63) is 59.7 Å². The predicted octanol–water partition coefficient (Wildman–Crippen LogP) is 4.18. The van der Waals surface area contributed by atoms with Crippen molar-refractivity contribution in [2.24, 2.45) is 0 Å². The van der Waals surface area contributed by atoms with Gasteiger partial charge in [0.1, 0.15) is 5.37 Å². The molecule has 130 valence electrons. The van der Waals surface area contributed by atoms with Crippen molar-refractivity contribution in [1.29, 1.82) is 0 Å². The van der Waals surface area contributed by atoms with E-state index in [1.807, 2.05) is 65.2 Å². The number of carbonyl (C=O) groups excluding carboxylic acids is 1. The van der Waals surface area contributed by atoms with E-state index in [-0.39, 0.29) is 24.0 Å². The van der Waals surface area contributed by atoms with E-state index in [4.69, 9.17) is 9.47 Å². The van der Waals surface area contributed by atoms with Gasteiger partial charge in [-0.1, -0.05) is 43.3 Å². The Kier molecular flexibility index (Phi) is 4.57. The Morgan fingerprint density at radius 2 is 2.00 bits per heavy atom. The molecule has 2 unspecified atom stereocenters. The molecule has 0 saturated carbocycles. The highest BCUT2D eigenvalue weighted by atomic mass is 32.2. The van der Waals surface area contributed by atoms with Gasteiger partial charge in [0, 0.05) is 12.3 Å². The molecule has 4 rings (SSSR count). The monoisotopic (exact) mass is 355 g/mol. The van der Waals surface area contributed by atoms with Gasteiger partial charge in [-0.05, 0) is 29.7 Å². The lowest BCUT2D eigenvalue weighted by atomic mass is 9.95. The van der Waals surface area contributed by atoms with Gasteiger partial charge in [0.2, 0.25) is 12.7 Å². The quantitative estimate of drug-likeness (QED) is 0.825. The lowest BCUT2D eigenvalue weighted by Crippen LogP contribution is -2.34. The van der Waals surface area contributed by atoms with Crippen LogP contribution in [0.1, 0.15) is 35.8 Å². The minimum Gasteiger partial charge on any atom is -0.454 e. The summed E-state index contributed by atoms with van der Waals surface area (Å²) in [6.07, 6.45) is 0.803. The van der Waals surface area contributed by atoms with Crippen LogP contribution in [0.2, 0.25) is 0 Å². The molecule has 2 aliphatic rings. The summed E-state index contributed by atoms with van der Waals surface area (Å²) in [6, 6.07) is 16.1. The van der Waals surface area contributed by atoms with Crippen LogP contribution >= 0.6 is 11.8 Å². The van der Waals surface area contributed by atoms with Crippen LogP contribution in [0.15, 0.2) is 48.5 Å². The first-order valence-corrected chi connectivity index (χ1v) is 9.69. The molecule has 0 bridgehead atoms. The first-order valence-electron chi connectivity index (χ1n) is 8.64. The van der Waals surface area contributed by atoms with Gasteiger partial charge in [-0.15, -0.1) is 11.8 Å². The zero-order valence-corrected chi connectivity index (χ0v) is 15.0. The highest BCUT2D eigenvalue weighted by molar-refractivity contribution is 7.99. The Balaban J connectivity index is 1.59. The average Bonchev–Trinajstić information content (AvgIpc) is 3.31. The largest absolute Gasteiger partial charge is 0.454 e. The highest BCUT2D eigenvalue weighted by Gasteiger charge is 2.35. The molecule has 5 heteroatoms. The molecular weight excluding hydrogens is 334 g/mol. The normalized spacial score (nSPS) is 19.9. The summed E-state index contributed by atoms with van der Waals surface area (Å²) in [6.45, 7) is 3.13. The van der Waals surface area contributed by atoms with E-state index in [1.165, 1.54) is 0 Å². The van der Waals surface area contributed by atoms with Crippen LogP contribution < -0.4 is 9.47 Å². The smallest absolute Gasteiger partial charge is 0.231 e. The fourth-order valence-electron chi connectivity index (χ4n) is 3.48. The molecular formula is C20H21NO3S. The number of benzene rings is 2. The van der Waals surface area contributed by atoms with Crippen molar-refractivity contribution in [1.82, 2.24) is 4.90 Å². The molecule has 0 radical (unpaired) electrons. The fourth-order valence-corrected chi connectivity index (χ4v) is 4.73. The van der Waals surface area contributed by atoms with Crippen molar-refractivity contribution in [3.63, 3.8) is 0 Å². The van der Waals surface area contributed by atoms with E-state index in [1.54, 1.807) is 0 Å². The second-order valence-corrected chi connectivity index (χ2v) is 7.43. The van der Waals surface area contributed by atoms with E-state index >= 15 is 0 Å². The molecule has 2 aromatic rings. The Morgan fingerprint density at radius 3 is 2.80 bits per heavy atom. The van der Waals surface area contributed by atoms with Crippen LogP contribution in [0.25, 0.3) is 0 Å². The highest BCUT2D eigenvalue weighted by Crippen LogP contribution is 2.43. The number of hydrogen-bond donors (Lipinski definition) is 0. The van der Waals surface area contributed by atoms with E-state index < -0.39 is 0 Å². The minimum absolute atomic E-state index is 0.0414. The van der Waals surface area contributed by atoms with Crippen molar-refractivity contribution in [2.75, 3.05) is 19.1 Å². The maximum absolute atomic E-state index is 13.3. The molecule has 0 aromatic heterocycles. The molecule has 1 saturated heterocycles. The molecule has 0 N–H and O–H groups in total. The number of thioether (sulfide) groups is 1. The van der Waals surface area contributed by atoms with Crippen LogP contribution in [0.5, 0.6) is 11.5 Å². The third-order valence-electron chi connectivity index (χ3n) is 4.76. The van der Waals surface area contributed by atoms with E-state index in [0.717, 1.165) is 41.3 Å². The molecule has 2 atom stereocenters. The Morgan fingerprint density at radius 1 is 1.20 bits per heavy atom. The molecule has 2 aliphatic heterocycles. The zero-order chi connectivity index (χ0) is 17.2. The number of hydrogen-bond acceptors (Lipinski definition) is 4. The Bertz CT molecular complexity index is 765. The number of carbonyl (C=O) groups is 1. The van der Waals surface area contributed by atoms with E-state index in [2.05, 4.69) is 6.92 Å². The van der Waals surface area contributed by atoms with Crippen LogP contribution in [0, 0.1) is 0 Å². The topological polar surface area (TPSA) is 38.8 Å². The summed E-state index contributed by atoms with van der Waals surface area (Å²) in [7, 11) is 0. The van der Waals surface area contributed by atoms with Crippen molar-refractivity contribution in [2.45, 2.75) is 24.6 Å². The molecule has 0 spiro atoms. The Hall–Kier alpha value is -2.14.